The quantitative estimate of drug-likeness (QED) is 0.783. The van der Waals surface area contributed by atoms with Crippen molar-refractivity contribution in [3.8, 4) is 0 Å². The Balaban J connectivity index is 1.72. The van der Waals surface area contributed by atoms with Crippen molar-refractivity contribution < 1.29 is 4.79 Å². The van der Waals surface area contributed by atoms with E-state index in [4.69, 9.17) is 0 Å². The zero-order valence-electron chi connectivity index (χ0n) is 10.4. The van der Waals surface area contributed by atoms with Crippen LogP contribution < -0.4 is 0 Å². The summed E-state index contributed by atoms with van der Waals surface area (Å²) in [4.78, 5) is 14.1. The van der Waals surface area contributed by atoms with Crippen LogP contribution in [0.3, 0.4) is 0 Å². The van der Waals surface area contributed by atoms with Gasteiger partial charge in [0.2, 0.25) is 5.91 Å². The van der Waals surface area contributed by atoms with Crippen molar-refractivity contribution >= 4 is 21.8 Å². The van der Waals surface area contributed by atoms with E-state index in [1.54, 1.807) is 0 Å². The molecule has 1 atom stereocenters. The lowest BCUT2D eigenvalue weighted by Crippen LogP contribution is -2.33. The molecule has 2 nitrogen and oxygen atoms in total. The smallest absolute Gasteiger partial charge is 0.222 e. The van der Waals surface area contributed by atoms with Crippen LogP contribution in [0.1, 0.15) is 24.8 Å². The molecule has 1 saturated heterocycles. The molecule has 1 amide bonds. The molecule has 1 unspecified atom stereocenters. The summed E-state index contributed by atoms with van der Waals surface area (Å²) in [6.07, 6.45) is 3.16. The molecule has 1 aromatic rings. The maximum absolute atomic E-state index is 12.0. The van der Waals surface area contributed by atoms with Gasteiger partial charge in [-0.1, -0.05) is 46.3 Å². The van der Waals surface area contributed by atoms with Gasteiger partial charge in [0.25, 0.3) is 0 Å². The predicted octanol–water partition coefficient (Wildman–Crippen LogP) is 2.96. The van der Waals surface area contributed by atoms with E-state index in [1.807, 2.05) is 0 Å². The van der Waals surface area contributed by atoms with Crippen LogP contribution in [-0.2, 0) is 10.2 Å². The summed E-state index contributed by atoms with van der Waals surface area (Å²) in [6, 6.07) is 10.7. The minimum atomic E-state index is 0.262. The zero-order chi connectivity index (χ0) is 12.6. The molecule has 1 saturated carbocycles. The first-order valence-electron chi connectivity index (χ1n) is 6.63. The highest BCUT2D eigenvalue weighted by Gasteiger charge is 2.47. The number of carbonyl (C=O) groups is 1. The molecule has 2 aliphatic rings. The third-order valence-electron chi connectivity index (χ3n) is 4.25. The van der Waals surface area contributed by atoms with Crippen LogP contribution in [0.25, 0.3) is 0 Å². The second-order valence-electron chi connectivity index (χ2n) is 5.65. The summed E-state index contributed by atoms with van der Waals surface area (Å²) in [7, 11) is 0. The molecule has 2 fully saturated rings. The SMILES string of the molecule is O=C1CC(CBr)CN1CC1(c2ccccc2)CC1. The molecule has 0 aromatic heterocycles. The summed E-state index contributed by atoms with van der Waals surface area (Å²) in [5.74, 6) is 0.839. The fourth-order valence-corrected chi connectivity index (χ4v) is 3.39. The molecule has 0 bridgehead atoms. The van der Waals surface area contributed by atoms with Gasteiger partial charge in [0.05, 0.1) is 0 Å². The number of benzene rings is 1. The lowest BCUT2D eigenvalue weighted by atomic mass is 9.95. The van der Waals surface area contributed by atoms with Gasteiger partial charge in [-0.2, -0.15) is 0 Å². The van der Waals surface area contributed by atoms with E-state index in [0.717, 1.165) is 24.8 Å². The van der Waals surface area contributed by atoms with Crippen molar-refractivity contribution in [3.05, 3.63) is 35.9 Å². The van der Waals surface area contributed by atoms with Crippen LogP contribution in [0.4, 0.5) is 0 Å². The van der Waals surface area contributed by atoms with Gasteiger partial charge in [-0.15, -0.1) is 0 Å². The minimum Gasteiger partial charge on any atom is -0.341 e. The molecule has 18 heavy (non-hydrogen) atoms. The van der Waals surface area contributed by atoms with Gasteiger partial charge >= 0.3 is 0 Å². The van der Waals surface area contributed by atoms with E-state index in [9.17, 15) is 4.79 Å². The molecule has 0 radical (unpaired) electrons. The summed E-state index contributed by atoms with van der Waals surface area (Å²) in [5.41, 5.74) is 1.66. The normalized spacial score (nSPS) is 25.5. The maximum atomic E-state index is 12.0. The highest BCUT2D eigenvalue weighted by Crippen LogP contribution is 2.49. The highest BCUT2D eigenvalue weighted by molar-refractivity contribution is 9.09. The third kappa shape index (κ3) is 2.20. The highest BCUT2D eigenvalue weighted by atomic mass is 79.9. The molecule has 1 aliphatic heterocycles. The Bertz CT molecular complexity index is 441. The lowest BCUT2D eigenvalue weighted by Gasteiger charge is -2.24. The second kappa shape index (κ2) is 4.69. The fraction of sp³-hybridized carbons (Fsp3) is 0.533. The number of likely N-dealkylation sites (tertiary alicyclic amines) is 1. The van der Waals surface area contributed by atoms with Crippen molar-refractivity contribution in [3.63, 3.8) is 0 Å². The molecule has 1 aromatic carbocycles. The van der Waals surface area contributed by atoms with Crippen LogP contribution in [0.15, 0.2) is 30.3 Å². The Morgan fingerprint density at radius 3 is 2.56 bits per heavy atom. The molecule has 3 heteroatoms. The minimum absolute atomic E-state index is 0.262. The number of halogens is 1. The van der Waals surface area contributed by atoms with Crippen LogP contribution in [0.2, 0.25) is 0 Å². The summed E-state index contributed by atoms with van der Waals surface area (Å²) in [6.45, 7) is 1.85. The van der Waals surface area contributed by atoms with Gasteiger partial charge in [0, 0.05) is 30.3 Å². The first-order chi connectivity index (χ1) is 8.73. The Morgan fingerprint density at radius 1 is 1.28 bits per heavy atom. The van der Waals surface area contributed by atoms with E-state index >= 15 is 0 Å². The topological polar surface area (TPSA) is 20.3 Å². The van der Waals surface area contributed by atoms with Crippen LogP contribution in [0.5, 0.6) is 0 Å². The van der Waals surface area contributed by atoms with E-state index in [1.165, 1.54) is 18.4 Å². The number of carbonyl (C=O) groups excluding carboxylic acids is 1. The second-order valence-corrected chi connectivity index (χ2v) is 6.29. The number of alkyl halides is 1. The van der Waals surface area contributed by atoms with Crippen LogP contribution in [0, 0.1) is 5.92 Å². The number of nitrogens with zero attached hydrogens (tertiary/aromatic N) is 1. The van der Waals surface area contributed by atoms with Gasteiger partial charge in [0.1, 0.15) is 0 Å². The molecule has 96 valence electrons. The van der Waals surface area contributed by atoms with Gasteiger partial charge in [-0.3, -0.25) is 4.79 Å². The Kier molecular flexibility index (Phi) is 3.18. The average molecular weight is 308 g/mol. The molecule has 3 rings (SSSR count). The first-order valence-corrected chi connectivity index (χ1v) is 7.75. The average Bonchev–Trinajstić information content (AvgIpc) is 3.10. The first kappa shape index (κ1) is 12.2. The molecular formula is C15H18BrNO. The Morgan fingerprint density at radius 2 is 2.00 bits per heavy atom. The monoisotopic (exact) mass is 307 g/mol. The Labute approximate surface area is 116 Å². The van der Waals surface area contributed by atoms with Crippen molar-refractivity contribution in [2.45, 2.75) is 24.7 Å². The fourth-order valence-electron chi connectivity index (χ4n) is 2.96. The van der Waals surface area contributed by atoms with Crippen molar-refractivity contribution in [2.75, 3.05) is 18.4 Å². The zero-order valence-corrected chi connectivity index (χ0v) is 12.0. The van der Waals surface area contributed by atoms with E-state index in [2.05, 4.69) is 51.2 Å². The van der Waals surface area contributed by atoms with E-state index < -0.39 is 0 Å². The van der Waals surface area contributed by atoms with E-state index in [0.29, 0.717) is 11.8 Å². The molecule has 0 spiro atoms. The van der Waals surface area contributed by atoms with Crippen molar-refractivity contribution in [2.24, 2.45) is 5.92 Å². The largest absolute Gasteiger partial charge is 0.341 e. The van der Waals surface area contributed by atoms with Gasteiger partial charge in [-0.05, 0) is 24.3 Å². The van der Waals surface area contributed by atoms with Crippen LogP contribution in [-0.4, -0.2) is 29.2 Å². The predicted molar refractivity (Wildman–Crippen MR) is 75.8 cm³/mol. The number of amides is 1. The standard InChI is InChI=1S/C15H18BrNO/c16-9-12-8-14(18)17(10-12)11-15(6-7-15)13-4-2-1-3-5-13/h1-5,12H,6-11H2. The summed E-state index contributed by atoms with van der Waals surface area (Å²) < 4.78 is 0. The van der Waals surface area contributed by atoms with Crippen LogP contribution >= 0.6 is 15.9 Å². The molecule has 0 N–H and O–H groups in total. The summed E-state index contributed by atoms with van der Waals surface area (Å²) in [5, 5.41) is 0.938. The van der Waals surface area contributed by atoms with Gasteiger partial charge in [0.15, 0.2) is 0 Å². The van der Waals surface area contributed by atoms with E-state index in [-0.39, 0.29) is 5.41 Å². The lowest BCUT2D eigenvalue weighted by molar-refractivity contribution is -0.128. The van der Waals surface area contributed by atoms with Gasteiger partial charge in [-0.25, -0.2) is 0 Å². The molecular weight excluding hydrogens is 290 g/mol. The van der Waals surface area contributed by atoms with Crippen molar-refractivity contribution in [1.82, 2.24) is 4.90 Å². The Hall–Kier alpha value is -0.830. The van der Waals surface area contributed by atoms with Gasteiger partial charge < -0.3 is 4.90 Å². The summed E-state index contributed by atoms with van der Waals surface area (Å²) >= 11 is 3.49. The number of hydrogen-bond acceptors (Lipinski definition) is 1. The number of hydrogen-bond donors (Lipinski definition) is 0. The molecule has 1 heterocycles. The maximum Gasteiger partial charge on any atom is 0.222 e. The number of rotatable bonds is 4. The third-order valence-corrected chi connectivity index (χ3v) is 5.16. The molecule has 1 aliphatic carbocycles. The van der Waals surface area contributed by atoms with Crippen molar-refractivity contribution in [1.29, 1.82) is 0 Å².